The Kier molecular flexibility index (Phi) is 12.8. The van der Waals surface area contributed by atoms with Crippen LogP contribution in [-0.4, -0.2) is 157 Å². The average Bonchev–Trinajstić information content (AvgIpc) is 3.56. The van der Waals surface area contributed by atoms with E-state index in [2.05, 4.69) is 20.1 Å². The Labute approximate surface area is 344 Å². The predicted octanol–water partition coefficient (Wildman–Crippen LogP) is 3.61. The number of amides is 4. The number of oxazole rings is 1. The summed E-state index contributed by atoms with van der Waals surface area (Å²) in [4.78, 5) is 78.8. The van der Waals surface area contributed by atoms with Crippen LogP contribution in [0, 0.1) is 12.8 Å². The van der Waals surface area contributed by atoms with Crippen molar-refractivity contribution in [2.75, 3.05) is 90.6 Å². The molecule has 16 heteroatoms. The van der Waals surface area contributed by atoms with Crippen LogP contribution in [0.1, 0.15) is 55.2 Å². The van der Waals surface area contributed by atoms with E-state index < -0.39 is 18.0 Å². The molecule has 2 aromatic carbocycles. The van der Waals surface area contributed by atoms with Crippen LogP contribution in [-0.2, 0) is 36.6 Å². The van der Waals surface area contributed by atoms with Gasteiger partial charge in [-0.05, 0) is 93.8 Å². The fourth-order valence-electron chi connectivity index (χ4n) is 9.47. The number of urea groups is 1. The summed E-state index contributed by atoms with van der Waals surface area (Å²) in [5.41, 5.74) is 4.42. The van der Waals surface area contributed by atoms with Gasteiger partial charge >= 0.3 is 23.8 Å². The molecule has 0 saturated carbocycles. The van der Waals surface area contributed by atoms with E-state index in [-0.39, 0.29) is 36.3 Å². The van der Waals surface area contributed by atoms with E-state index >= 15 is 0 Å². The third kappa shape index (κ3) is 9.76. The van der Waals surface area contributed by atoms with Crippen molar-refractivity contribution in [3.63, 3.8) is 0 Å². The highest BCUT2D eigenvalue weighted by atomic mass is 16.6. The number of piperidine rings is 3. The Balaban J connectivity index is 0.853. The van der Waals surface area contributed by atoms with Crippen LogP contribution >= 0.6 is 0 Å². The van der Waals surface area contributed by atoms with E-state index in [1.54, 1.807) is 15.9 Å². The Hall–Kier alpha value is -4.93. The van der Waals surface area contributed by atoms with Gasteiger partial charge in [0.25, 0.3) is 5.91 Å². The number of carbonyl (C=O) groups is 4. The van der Waals surface area contributed by atoms with E-state index in [1.165, 1.54) is 0 Å². The van der Waals surface area contributed by atoms with Crippen molar-refractivity contribution >= 4 is 40.8 Å². The molecule has 59 heavy (non-hydrogen) atoms. The molecular weight excluding hydrogens is 759 g/mol. The van der Waals surface area contributed by atoms with Crippen molar-refractivity contribution in [2.45, 2.75) is 76.5 Å². The first-order valence-corrected chi connectivity index (χ1v) is 21.4. The first-order valence-electron chi connectivity index (χ1n) is 21.4. The number of carbonyl (C=O) groups excluding carboxylic acids is 4. The van der Waals surface area contributed by atoms with Gasteiger partial charge in [0.1, 0.15) is 6.61 Å². The third-order valence-electron chi connectivity index (χ3n) is 12.9. The van der Waals surface area contributed by atoms with E-state index in [0.717, 1.165) is 94.9 Å². The molecule has 2 N–H and O–H groups in total. The summed E-state index contributed by atoms with van der Waals surface area (Å²) in [6.45, 7) is 10.3. The second kappa shape index (κ2) is 18.6. The van der Waals surface area contributed by atoms with Gasteiger partial charge in [-0.2, -0.15) is 0 Å². The molecule has 4 amide bonds. The zero-order chi connectivity index (χ0) is 40.9. The first-order chi connectivity index (χ1) is 28.7. The van der Waals surface area contributed by atoms with Crippen molar-refractivity contribution in [3.8, 4) is 0 Å². The number of ether oxygens (including phenoxy) is 3. The fraction of sp³-hybridized carbons (Fsp3) is 0.605. The molecular formula is C43H57N7O9. The lowest BCUT2D eigenvalue weighted by Crippen LogP contribution is -2.53. The molecule has 318 valence electrons. The number of hydrogen-bond donors (Lipinski definition) is 2. The summed E-state index contributed by atoms with van der Waals surface area (Å²) < 4.78 is 22.5. The minimum Gasteiger partial charge on any atom is -0.464 e. The van der Waals surface area contributed by atoms with Crippen molar-refractivity contribution in [1.29, 1.82) is 0 Å². The number of morpholine rings is 1. The van der Waals surface area contributed by atoms with E-state index in [9.17, 15) is 24.0 Å². The van der Waals surface area contributed by atoms with Gasteiger partial charge in [0, 0.05) is 76.5 Å². The molecule has 5 aliphatic heterocycles. The number of nitrogens with one attached hydrogen (secondary N) is 2. The number of nitrogens with zero attached hydrogens (tertiary/aromatic N) is 5. The zero-order valence-electron chi connectivity index (χ0n) is 34.0. The smallest absolute Gasteiger partial charge is 0.417 e. The summed E-state index contributed by atoms with van der Waals surface area (Å²) in [7, 11) is 0. The maximum absolute atomic E-state index is 14.3. The number of rotatable bonds is 10. The number of aromatic amines is 1. The number of aryl methyl sites for hydroxylation is 1. The minimum atomic E-state index is -1.08. The molecule has 0 spiro atoms. The first kappa shape index (κ1) is 40.8. The fourth-order valence-corrected chi connectivity index (χ4v) is 9.47. The highest BCUT2D eigenvalue weighted by Gasteiger charge is 2.37. The lowest BCUT2D eigenvalue weighted by Gasteiger charge is -2.42. The van der Waals surface area contributed by atoms with Crippen LogP contribution in [0.2, 0.25) is 0 Å². The number of likely N-dealkylation sites (tertiary alicyclic amines) is 3. The Morgan fingerprint density at radius 2 is 1.56 bits per heavy atom. The van der Waals surface area contributed by atoms with Crippen LogP contribution < -0.4 is 11.1 Å². The molecule has 1 atom stereocenters. The topological polar surface area (TPSA) is 170 Å². The van der Waals surface area contributed by atoms with Gasteiger partial charge in [-0.1, -0.05) is 24.3 Å². The number of H-pyrrole nitrogens is 1. The molecule has 0 aliphatic carbocycles. The van der Waals surface area contributed by atoms with Gasteiger partial charge < -0.3 is 43.5 Å². The number of anilines is 1. The van der Waals surface area contributed by atoms with Crippen LogP contribution in [0.4, 0.5) is 15.3 Å². The molecule has 0 radical (unpaired) electrons. The average molecular weight is 816 g/mol. The maximum atomic E-state index is 14.3. The summed E-state index contributed by atoms with van der Waals surface area (Å²) in [6.07, 6.45) is 3.51. The molecule has 5 aliphatic rings. The number of aromatic nitrogens is 1. The van der Waals surface area contributed by atoms with Crippen molar-refractivity contribution in [2.24, 2.45) is 5.92 Å². The van der Waals surface area contributed by atoms with Gasteiger partial charge in [-0.3, -0.25) is 19.5 Å². The lowest BCUT2D eigenvalue weighted by molar-refractivity contribution is -0.151. The number of para-hydroxylation sites is 1. The van der Waals surface area contributed by atoms with Crippen molar-refractivity contribution in [3.05, 3.63) is 63.6 Å². The molecule has 4 fully saturated rings. The molecule has 16 nitrogen and oxygen atoms in total. The van der Waals surface area contributed by atoms with Gasteiger partial charge in [-0.15, -0.1) is 0 Å². The minimum absolute atomic E-state index is 0.0250. The number of benzene rings is 2. The molecule has 0 unspecified atom stereocenters. The normalized spacial score (nSPS) is 21.2. The number of esters is 1. The summed E-state index contributed by atoms with van der Waals surface area (Å²) in [6, 6.07) is 11.6. The third-order valence-corrected chi connectivity index (χ3v) is 12.9. The Morgan fingerprint density at radius 1 is 0.847 bits per heavy atom. The van der Waals surface area contributed by atoms with E-state index in [0.29, 0.717) is 74.9 Å². The van der Waals surface area contributed by atoms with Gasteiger partial charge in [0.05, 0.1) is 24.6 Å². The zero-order valence-corrected chi connectivity index (χ0v) is 34.0. The van der Waals surface area contributed by atoms with E-state index in [4.69, 9.17) is 18.6 Å². The van der Waals surface area contributed by atoms with E-state index in [1.807, 2.05) is 42.2 Å². The molecule has 0 bridgehead atoms. The van der Waals surface area contributed by atoms with Crippen molar-refractivity contribution in [1.82, 2.24) is 29.5 Å². The lowest BCUT2D eigenvalue weighted by atomic mass is 9.93. The Bertz CT molecular complexity index is 2020. The SMILES string of the molecule is Cc1cc(C[C@@H](OC(=O)N2CCC(N3CCc4ccccc4NC3=O)CC2)C(=O)N2CCC(N3CCC(C(=O)OCCN4CCOCC4)CC3)CC2)cc2oc(=O)[nH]c12. The van der Waals surface area contributed by atoms with Crippen LogP contribution in [0.3, 0.4) is 0 Å². The highest BCUT2D eigenvalue weighted by Crippen LogP contribution is 2.28. The van der Waals surface area contributed by atoms with Crippen LogP contribution in [0.15, 0.2) is 45.6 Å². The quantitative estimate of drug-likeness (QED) is 0.287. The number of hydrogen-bond acceptors (Lipinski definition) is 11. The second-order valence-electron chi connectivity index (χ2n) is 16.6. The summed E-state index contributed by atoms with van der Waals surface area (Å²) in [5.74, 6) is -1.00. The van der Waals surface area contributed by atoms with Gasteiger partial charge in [0.15, 0.2) is 11.7 Å². The summed E-state index contributed by atoms with van der Waals surface area (Å²) >= 11 is 0. The van der Waals surface area contributed by atoms with Crippen LogP contribution in [0.25, 0.3) is 11.1 Å². The highest BCUT2D eigenvalue weighted by molar-refractivity contribution is 5.91. The standard InChI is InChI=1S/C43H57N7O9/c1-29-26-30(27-36-38(29)45-42(54)58-36)28-37(59-43(55)49-17-11-34(12-18-49)50-19-8-31-4-2-3-5-35(31)44-41(50)53)39(51)48-15-9-33(10-16-48)47-13-6-32(7-14-47)40(52)57-25-22-46-20-23-56-24-21-46/h2-5,26-27,32-34,37H,6-25,28H2,1H3,(H,44,53)(H,45,54)/t37-/m1/s1. The summed E-state index contributed by atoms with van der Waals surface area (Å²) in [5, 5.41) is 3.04. The molecule has 6 heterocycles. The van der Waals surface area contributed by atoms with Crippen molar-refractivity contribution < 1.29 is 37.8 Å². The maximum Gasteiger partial charge on any atom is 0.417 e. The molecule has 3 aromatic rings. The Morgan fingerprint density at radius 3 is 2.32 bits per heavy atom. The largest absolute Gasteiger partial charge is 0.464 e. The number of fused-ring (bicyclic) bond motifs is 2. The molecule has 8 rings (SSSR count). The molecule has 1 aromatic heterocycles. The van der Waals surface area contributed by atoms with Gasteiger partial charge in [-0.25, -0.2) is 14.4 Å². The van der Waals surface area contributed by atoms with Crippen LogP contribution in [0.5, 0.6) is 0 Å². The predicted molar refractivity (Wildman–Crippen MR) is 218 cm³/mol. The monoisotopic (exact) mass is 815 g/mol. The van der Waals surface area contributed by atoms with Gasteiger partial charge in [0.2, 0.25) is 0 Å². The molecule has 4 saturated heterocycles. The second-order valence-corrected chi connectivity index (χ2v) is 16.6.